The predicted octanol–water partition coefficient (Wildman–Crippen LogP) is 3.72. The number of hydrogen-bond donors (Lipinski definition) is 3. The van der Waals surface area contributed by atoms with Gasteiger partial charge in [0.2, 0.25) is 0 Å². The monoisotopic (exact) mass is 435 g/mol. The molecule has 0 unspecified atom stereocenters. The van der Waals surface area contributed by atoms with Crippen molar-refractivity contribution < 1.29 is 19.8 Å². The van der Waals surface area contributed by atoms with Crippen molar-refractivity contribution in [2.75, 3.05) is 6.54 Å². The molecule has 3 aromatic rings. The summed E-state index contributed by atoms with van der Waals surface area (Å²) in [7, 11) is 0. The number of imidazole rings is 1. The van der Waals surface area contributed by atoms with E-state index in [1.54, 1.807) is 12.5 Å². The van der Waals surface area contributed by atoms with Gasteiger partial charge in [0.05, 0.1) is 11.9 Å². The Bertz CT molecular complexity index is 994. The van der Waals surface area contributed by atoms with Crippen molar-refractivity contribution in [3.8, 4) is 11.1 Å². The highest BCUT2D eigenvalue weighted by molar-refractivity contribution is 5.95. The minimum atomic E-state index is -0.753. The van der Waals surface area contributed by atoms with Crippen molar-refractivity contribution in [3.63, 3.8) is 0 Å². The van der Waals surface area contributed by atoms with Gasteiger partial charge in [0.1, 0.15) is 0 Å². The Morgan fingerprint density at radius 3 is 2.47 bits per heavy atom. The molecular weight excluding hydrogens is 406 g/mol. The van der Waals surface area contributed by atoms with Crippen LogP contribution in [-0.2, 0) is 11.3 Å². The number of carboxylic acid groups (broad SMARTS) is 1. The second kappa shape index (κ2) is 11.2. The number of hydrogen-bond acceptors (Lipinski definition) is 4. The average Bonchev–Trinajstić information content (AvgIpc) is 3.32. The summed E-state index contributed by atoms with van der Waals surface area (Å²) in [6, 6.07) is 16.0. The second-order valence-corrected chi connectivity index (χ2v) is 8.09. The molecule has 7 nitrogen and oxygen atoms in total. The first kappa shape index (κ1) is 23.2. The standard InChI is InChI=1S/C24H27N3O2.CH2O2/c28-23(26-17-24(29)11-2-1-3-12-24)22-6-4-5-21(15-22)20-9-7-19(8-10-20)16-27-14-13-25-18-27;2-1-3/h4-10,13-15,18,29H,1-3,11-12,16-17H2,(H,26,28);1H,(H,2,3). The lowest BCUT2D eigenvalue weighted by Gasteiger charge is -2.32. The molecule has 7 heteroatoms. The van der Waals surface area contributed by atoms with Gasteiger partial charge in [0, 0.05) is 31.0 Å². The Labute approximate surface area is 187 Å². The summed E-state index contributed by atoms with van der Waals surface area (Å²) in [6.07, 6.45) is 10.3. The Hall–Kier alpha value is -3.45. The first-order valence-corrected chi connectivity index (χ1v) is 10.8. The molecule has 1 amide bonds. The zero-order chi connectivity index (χ0) is 22.8. The highest BCUT2D eigenvalue weighted by Gasteiger charge is 2.29. The van der Waals surface area contributed by atoms with Crippen molar-refractivity contribution in [1.82, 2.24) is 14.9 Å². The van der Waals surface area contributed by atoms with Crippen molar-refractivity contribution in [2.45, 2.75) is 44.2 Å². The summed E-state index contributed by atoms with van der Waals surface area (Å²) in [5.41, 5.74) is 3.13. The fourth-order valence-electron chi connectivity index (χ4n) is 3.97. The van der Waals surface area contributed by atoms with Gasteiger partial charge in [0.15, 0.2) is 0 Å². The van der Waals surface area contributed by atoms with E-state index in [0.717, 1.165) is 43.4 Å². The quantitative estimate of drug-likeness (QED) is 0.512. The minimum absolute atomic E-state index is 0.137. The van der Waals surface area contributed by atoms with Gasteiger partial charge in [-0.15, -0.1) is 0 Å². The SMILES string of the molecule is O=C(NCC1(O)CCCCC1)c1cccc(-c2ccc(Cn3ccnc3)cc2)c1.O=CO. The fourth-order valence-corrected chi connectivity index (χ4v) is 3.97. The molecule has 1 aliphatic carbocycles. The Kier molecular flexibility index (Phi) is 8.16. The maximum Gasteiger partial charge on any atom is 0.290 e. The lowest BCUT2D eigenvalue weighted by atomic mass is 9.85. The van der Waals surface area contributed by atoms with Gasteiger partial charge in [-0.1, -0.05) is 55.7 Å². The molecule has 1 heterocycles. The Morgan fingerprint density at radius 1 is 1.09 bits per heavy atom. The maximum absolute atomic E-state index is 12.6. The van der Waals surface area contributed by atoms with Gasteiger partial charge in [0.25, 0.3) is 12.4 Å². The van der Waals surface area contributed by atoms with E-state index in [2.05, 4.69) is 34.6 Å². The van der Waals surface area contributed by atoms with Crippen molar-refractivity contribution >= 4 is 12.4 Å². The number of nitrogens with zero attached hydrogens (tertiary/aromatic N) is 2. The highest BCUT2D eigenvalue weighted by Crippen LogP contribution is 2.27. The number of nitrogens with one attached hydrogen (secondary N) is 1. The molecule has 32 heavy (non-hydrogen) atoms. The Balaban J connectivity index is 0.000000913. The third-order valence-electron chi connectivity index (χ3n) is 5.70. The Morgan fingerprint density at radius 2 is 1.81 bits per heavy atom. The number of rotatable bonds is 6. The van der Waals surface area contributed by atoms with Gasteiger partial charge >= 0.3 is 0 Å². The first-order chi connectivity index (χ1) is 15.5. The van der Waals surface area contributed by atoms with E-state index in [0.29, 0.717) is 12.1 Å². The first-order valence-electron chi connectivity index (χ1n) is 10.8. The molecule has 0 atom stereocenters. The van der Waals surface area contributed by atoms with E-state index >= 15 is 0 Å². The van der Waals surface area contributed by atoms with Crippen molar-refractivity contribution in [2.24, 2.45) is 0 Å². The minimum Gasteiger partial charge on any atom is -0.483 e. The largest absolute Gasteiger partial charge is 0.483 e. The summed E-state index contributed by atoms with van der Waals surface area (Å²) in [4.78, 5) is 25.0. The zero-order valence-electron chi connectivity index (χ0n) is 18.0. The summed E-state index contributed by atoms with van der Waals surface area (Å²) >= 11 is 0. The summed E-state index contributed by atoms with van der Waals surface area (Å²) in [6.45, 7) is 0.852. The molecule has 1 saturated carbocycles. The number of carbonyl (C=O) groups excluding carboxylic acids is 1. The summed E-state index contributed by atoms with van der Waals surface area (Å²) < 4.78 is 2.03. The van der Waals surface area contributed by atoms with E-state index in [-0.39, 0.29) is 12.4 Å². The molecule has 0 aliphatic heterocycles. The maximum atomic E-state index is 12.6. The van der Waals surface area contributed by atoms with Crippen LogP contribution in [0.2, 0.25) is 0 Å². The molecule has 1 aromatic heterocycles. The lowest BCUT2D eigenvalue weighted by molar-refractivity contribution is -0.122. The van der Waals surface area contributed by atoms with E-state index < -0.39 is 5.60 Å². The lowest BCUT2D eigenvalue weighted by Crippen LogP contribution is -2.44. The molecule has 3 N–H and O–H groups in total. The third-order valence-corrected chi connectivity index (χ3v) is 5.70. The van der Waals surface area contributed by atoms with Crippen LogP contribution in [0.25, 0.3) is 11.1 Å². The van der Waals surface area contributed by atoms with E-state index in [1.807, 2.05) is 35.0 Å². The molecule has 4 rings (SSSR count). The van der Waals surface area contributed by atoms with Crippen LogP contribution >= 0.6 is 0 Å². The summed E-state index contributed by atoms with van der Waals surface area (Å²) in [5.74, 6) is -0.137. The van der Waals surface area contributed by atoms with Crippen LogP contribution in [0.1, 0.15) is 48.0 Å². The van der Waals surface area contributed by atoms with E-state index in [4.69, 9.17) is 9.90 Å². The molecule has 0 spiro atoms. The predicted molar refractivity (Wildman–Crippen MR) is 122 cm³/mol. The highest BCUT2D eigenvalue weighted by atomic mass is 16.3. The van der Waals surface area contributed by atoms with Gasteiger partial charge < -0.3 is 20.1 Å². The fraction of sp³-hybridized carbons (Fsp3) is 0.320. The second-order valence-electron chi connectivity index (χ2n) is 8.09. The topological polar surface area (TPSA) is 104 Å². The van der Waals surface area contributed by atoms with Gasteiger partial charge in [-0.3, -0.25) is 9.59 Å². The van der Waals surface area contributed by atoms with E-state index in [9.17, 15) is 9.90 Å². The van der Waals surface area contributed by atoms with Gasteiger partial charge in [-0.05, 0) is 41.7 Å². The van der Waals surface area contributed by atoms with Crippen LogP contribution in [-0.4, -0.2) is 44.3 Å². The van der Waals surface area contributed by atoms with E-state index in [1.165, 1.54) is 12.0 Å². The molecule has 0 bridgehead atoms. The van der Waals surface area contributed by atoms with Crippen LogP contribution in [0.4, 0.5) is 0 Å². The molecule has 2 aromatic carbocycles. The van der Waals surface area contributed by atoms with Crippen LogP contribution < -0.4 is 5.32 Å². The van der Waals surface area contributed by atoms with Crippen LogP contribution in [0.5, 0.6) is 0 Å². The van der Waals surface area contributed by atoms with Crippen LogP contribution in [0.3, 0.4) is 0 Å². The van der Waals surface area contributed by atoms with Crippen molar-refractivity contribution in [3.05, 3.63) is 78.4 Å². The van der Waals surface area contributed by atoms with Crippen LogP contribution in [0.15, 0.2) is 67.3 Å². The molecular formula is C25H29N3O4. The third kappa shape index (κ3) is 6.52. The number of aliphatic hydroxyl groups is 1. The smallest absolute Gasteiger partial charge is 0.290 e. The van der Waals surface area contributed by atoms with Gasteiger partial charge in [-0.25, -0.2) is 4.98 Å². The molecule has 1 aliphatic rings. The molecule has 0 radical (unpaired) electrons. The number of amides is 1. The number of aromatic nitrogens is 2. The van der Waals surface area contributed by atoms with Crippen LogP contribution in [0, 0.1) is 0 Å². The molecule has 0 saturated heterocycles. The normalized spacial score (nSPS) is 14.7. The molecule has 1 fully saturated rings. The number of benzene rings is 2. The zero-order valence-corrected chi connectivity index (χ0v) is 18.0. The molecule has 168 valence electrons. The summed E-state index contributed by atoms with van der Waals surface area (Å²) in [5, 5.41) is 20.4. The van der Waals surface area contributed by atoms with Gasteiger partial charge in [-0.2, -0.15) is 0 Å². The average molecular weight is 436 g/mol. The van der Waals surface area contributed by atoms with Crippen molar-refractivity contribution in [1.29, 1.82) is 0 Å². The number of carbonyl (C=O) groups is 2.